The lowest BCUT2D eigenvalue weighted by molar-refractivity contribution is -0.116. The van der Waals surface area contributed by atoms with Crippen molar-refractivity contribution in [2.45, 2.75) is 19.8 Å². The van der Waals surface area contributed by atoms with Crippen LogP contribution in [0.3, 0.4) is 0 Å². The quantitative estimate of drug-likeness (QED) is 0.771. The topological polar surface area (TPSA) is 41.1 Å². The van der Waals surface area contributed by atoms with Crippen molar-refractivity contribution in [2.75, 3.05) is 18.9 Å². The van der Waals surface area contributed by atoms with Gasteiger partial charge in [-0.15, -0.1) is 0 Å². The molecule has 1 aromatic carbocycles. The highest BCUT2D eigenvalue weighted by Crippen LogP contribution is 2.15. The van der Waals surface area contributed by atoms with E-state index in [4.69, 9.17) is 0 Å². The average molecular weight is 206 g/mol. The Labute approximate surface area is 90.9 Å². The molecule has 3 nitrogen and oxygen atoms in total. The van der Waals surface area contributed by atoms with Crippen LogP contribution < -0.4 is 10.6 Å². The second-order valence-corrected chi connectivity index (χ2v) is 3.41. The van der Waals surface area contributed by atoms with Crippen LogP contribution in [0.25, 0.3) is 0 Å². The van der Waals surface area contributed by atoms with Crippen molar-refractivity contribution in [3.8, 4) is 0 Å². The van der Waals surface area contributed by atoms with Crippen LogP contribution in [0.15, 0.2) is 24.3 Å². The van der Waals surface area contributed by atoms with Crippen molar-refractivity contribution in [1.82, 2.24) is 5.32 Å². The molecule has 0 radical (unpaired) electrons. The molecule has 0 aliphatic heterocycles. The number of benzene rings is 1. The molecule has 1 aromatic rings. The van der Waals surface area contributed by atoms with Crippen LogP contribution in [0.5, 0.6) is 0 Å². The molecule has 0 unspecified atom stereocenters. The number of rotatable bonds is 5. The van der Waals surface area contributed by atoms with Crippen LogP contribution in [0.4, 0.5) is 5.69 Å². The van der Waals surface area contributed by atoms with Crippen LogP contribution in [0.2, 0.25) is 0 Å². The molecule has 3 heteroatoms. The number of anilines is 1. The lowest BCUT2D eigenvalue weighted by Crippen LogP contribution is -2.19. The molecule has 0 bridgehead atoms. The zero-order valence-corrected chi connectivity index (χ0v) is 9.34. The molecule has 1 rings (SSSR count). The van der Waals surface area contributed by atoms with Gasteiger partial charge < -0.3 is 10.6 Å². The number of amides is 1. The van der Waals surface area contributed by atoms with Gasteiger partial charge in [-0.25, -0.2) is 0 Å². The molecule has 1 amide bonds. The van der Waals surface area contributed by atoms with E-state index in [1.54, 1.807) is 0 Å². The fourth-order valence-electron chi connectivity index (χ4n) is 1.40. The Balaban J connectivity index is 2.59. The summed E-state index contributed by atoms with van der Waals surface area (Å²) in [4.78, 5) is 11.5. The maximum Gasteiger partial charge on any atom is 0.225 e. The molecule has 0 aliphatic rings. The summed E-state index contributed by atoms with van der Waals surface area (Å²) in [7, 11) is 1.84. The zero-order chi connectivity index (χ0) is 11.1. The van der Waals surface area contributed by atoms with E-state index in [1.165, 1.54) is 5.56 Å². The predicted molar refractivity (Wildman–Crippen MR) is 63.0 cm³/mol. The standard InChI is InChI=1S/C12H18N2O/c1-3-10-6-4-5-7-11(10)14-12(15)8-9-13-2/h4-7,13H,3,8-9H2,1-2H3,(H,14,15). The van der Waals surface area contributed by atoms with Crippen molar-refractivity contribution in [2.24, 2.45) is 0 Å². The molecule has 0 spiro atoms. The number of nitrogens with one attached hydrogen (secondary N) is 2. The van der Waals surface area contributed by atoms with Crippen LogP contribution in [-0.2, 0) is 11.2 Å². The summed E-state index contributed by atoms with van der Waals surface area (Å²) in [6.07, 6.45) is 1.44. The van der Waals surface area contributed by atoms with Gasteiger partial charge in [0.1, 0.15) is 0 Å². The van der Waals surface area contributed by atoms with Gasteiger partial charge in [-0.2, -0.15) is 0 Å². The molecule has 0 aliphatic carbocycles. The first-order valence-corrected chi connectivity index (χ1v) is 5.30. The van der Waals surface area contributed by atoms with Crippen LogP contribution in [0.1, 0.15) is 18.9 Å². The van der Waals surface area contributed by atoms with Crippen molar-refractivity contribution < 1.29 is 4.79 Å². The van der Waals surface area contributed by atoms with Crippen molar-refractivity contribution in [3.05, 3.63) is 29.8 Å². The van der Waals surface area contributed by atoms with Gasteiger partial charge in [0.05, 0.1) is 0 Å². The van der Waals surface area contributed by atoms with E-state index in [0.29, 0.717) is 13.0 Å². The van der Waals surface area contributed by atoms with Gasteiger partial charge in [0.2, 0.25) is 5.91 Å². The van der Waals surface area contributed by atoms with E-state index in [2.05, 4.69) is 17.6 Å². The van der Waals surface area contributed by atoms with Gasteiger partial charge in [-0.1, -0.05) is 25.1 Å². The van der Waals surface area contributed by atoms with Gasteiger partial charge in [0, 0.05) is 18.7 Å². The minimum Gasteiger partial charge on any atom is -0.326 e. The van der Waals surface area contributed by atoms with Gasteiger partial charge in [-0.05, 0) is 25.1 Å². The lowest BCUT2D eigenvalue weighted by atomic mass is 10.1. The van der Waals surface area contributed by atoms with E-state index in [-0.39, 0.29) is 5.91 Å². The molecule has 15 heavy (non-hydrogen) atoms. The van der Waals surface area contributed by atoms with Crippen molar-refractivity contribution >= 4 is 11.6 Å². The minimum absolute atomic E-state index is 0.0604. The highest BCUT2D eigenvalue weighted by atomic mass is 16.1. The molecule has 0 aromatic heterocycles. The third kappa shape index (κ3) is 3.72. The zero-order valence-electron chi connectivity index (χ0n) is 9.34. The fourth-order valence-corrected chi connectivity index (χ4v) is 1.40. The Morgan fingerprint density at radius 3 is 2.73 bits per heavy atom. The predicted octanol–water partition coefficient (Wildman–Crippen LogP) is 1.80. The summed E-state index contributed by atoms with van der Waals surface area (Å²) in [6, 6.07) is 7.90. The summed E-state index contributed by atoms with van der Waals surface area (Å²) in [5.74, 6) is 0.0604. The van der Waals surface area contributed by atoms with Crippen molar-refractivity contribution in [3.63, 3.8) is 0 Å². The van der Waals surface area contributed by atoms with Crippen LogP contribution >= 0.6 is 0 Å². The normalized spacial score (nSPS) is 10.0. The minimum atomic E-state index is 0.0604. The summed E-state index contributed by atoms with van der Waals surface area (Å²) in [6.45, 7) is 2.79. The summed E-state index contributed by atoms with van der Waals surface area (Å²) in [5.41, 5.74) is 2.11. The first-order chi connectivity index (χ1) is 7.27. The number of carbonyl (C=O) groups is 1. The van der Waals surface area contributed by atoms with E-state index in [1.807, 2.05) is 31.3 Å². The first-order valence-electron chi connectivity index (χ1n) is 5.30. The molecule has 0 atom stereocenters. The van der Waals surface area contributed by atoms with E-state index in [0.717, 1.165) is 12.1 Å². The van der Waals surface area contributed by atoms with Crippen molar-refractivity contribution in [1.29, 1.82) is 0 Å². The second-order valence-electron chi connectivity index (χ2n) is 3.41. The smallest absolute Gasteiger partial charge is 0.225 e. The number of hydrogen-bond acceptors (Lipinski definition) is 2. The van der Waals surface area contributed by atoms with E-state index >= 15 is 0 Å². The molecule has 0 saturated carbocycles. The molecular formula is C12H18N2O. The fraction of sp³-hybridized carbons (Fsp3) is 0.417. The van der Waals surface area contributed by atoms with Gasteiger partial charge in [0.25, 0.3) is 0 Å². The SMILES string of the molecule is CCc1ccccc1NC(=O)CCNC. The maximum absolute atomic E-state index is 11.5. The molecule has 0 heterocycles. The number of hydrogen-bond donors (Lipinski definition) is 2. The summed E-state index contributed by atoms with van der Waals surface area (Å²) in [5, 5.41) is 5.87. The highest BCUT2D eigenvalue weighted by molar-refractivity contribution is 5.91. The Hall–Kier alpha value is -1.35. The molecule has 0 saturated heterocycles. The number of para-hydroxylation sites is 1. The van der Waals surface area contributed by atoms with Crippen LogP contribution in [0, 0.1) is 0 Å². The summed E-state index contributed by atoms with van der Waals surface area (Å²) >= 11 is 0. The first kappa shape index (κ1) is 11.7. The third-order valence-electron chi connectivity index (χ3n) is 2.27. The van der Waals surface area contributed by atoms with Crippen LogP contribution in [-0.4, -0.2) is 19.5 Å². The Bertz CT molecular complexity index is 323. The van der Waals surface area contributed by atoms with Gasteiger partial charge >= 0.3 is 0 Å². The lowest BCUT2D eigenvalue weighted by Gasteiger charge is -2.09. The third-order valence-corrected chi connectivity index (χ3v) is 2.27. The largest absolute Gasteiger partial charge is 0.326 e. The Morgan fingerprint density at radius 2 is 2.07 bits per heavy atom. The van der Waals surface area contributed by atoms with E-state index in [9.17, 15) is 4.79 Å². The second kappa shape index (κ2) is 6.19. The number of carbonyl (C=O) groups excluding carboxylic acids is 1. The van der Waals surface area contributed by atoms with E-state index < -0.39 is 0 Å². The molecular weight excluding hydrogens is 188 g/mol. The number of aryl methyl sites for hydroxylation is 1. The average Bonchev–Trinajstić information content (AvgIpc) is 2.27. The maximum atomic E-state index is 11.5. The molecule has 0 fully saturated rings. The van der Waals surface area contributed by atoms with Gasteiger partial charge in [0.15, 0.2) is 0 Å². The highest BCUT2D eigenvalue weighted by Gasteiger charge is 2.04. The molecule has 2 N–H and O–H groups in total. The Kier molecular flexibility index (Phi) is 4.84. The molecule has 82 valence electrons. The monoisotopic (exact) mass is 206 g/mol. The Morgan fingerprint density at radius 1 is 1.33 bits per heavy atom. The van der Waals surface area contributed by atoms with Gasteiger partial charge in [-0.3, -0.25) is 4.79 Å². The summed E-state index contributed by atoms with van der Waals surface area (Å²) < 4.78 is 0.